The second-order valence-corrected chi connectivity index (χ2v) is 9.99. The largest absolute Gasteiger partial charge is 0.489 e. The number of aliphatic hydroxyl groups excluding tert-OH is 1. The third-order valence-corrected chi connectivity index (χ3v) is 7.17. The number of aromatic nitrogens is 1. The van der Waals surface area contributed by atoms with Crippen LogP contribution in [0.2, 0.25) is 0 Å². The molecular formula is C23H29NO4S. The minimum Gasteiger partial charge on any atom is -0.489 e. The first-order chi connectivity index (χ1) is 13.7. The quantitative estimate of drug-likeness (QED) is 0.687. The Balaban J connectivity index is 1.60. The third-order valence-electron chi connectivity index (χ3n) is 5.40. The van der Waals surface area contributed by atoms with Crippen molar-refractivity contribution in [1.82, 2.24) is 4.98 Å². The van der Waals surface area contributed by atoms with Gasteiger partial charge in [0.05, 0.1) is 16.8 Å². The fraction of sp³-hybridized carbons (Fsp3) is 0.435. The lowest BCUT2D eigenvalue weighted by atomic mass is 9.84. The number of nitrogens with zero attached hydrogens (tertiary/aromatic N) is 1. The van der Waals surface area contributed by atoms with Crippen molar-refractivity contribution >= 4 is 9.84 Å². The fourth-order valence-corrected chi connectivity index (χ4v) is 5.27. The van der Waals surface area contributed by atoms with Crippen molar-refractivity contribution in [3.8, 4) is 5.75 Å². The molecule has 2 aromatic rings. The molecule has 1 aliphatic rings. The summed E-state index contributed by atoms with van der Waals surface area (Å²) in [5.41, 5.74) is 4.07. The zero-order valence-corrected chi connectivity index (χ0v) is 17.9. The smallest absolute Gasteiger partial charge is 0.180 e. The molecule has 1 aromatic heterocycles. The van der Waals surface area contributed by atoms with Gasteiger partial charge in [-0.2, -0.15) is 0 Å². The number of allylic oxidation sites excluding steroid dienone is 1. The number of pyridine rings is 1. The average Bonchev–Trinajstić information content (AvgIpc) is 2.66. The first-order valence-electron chi connectivity index (χ1n) is 9.97. The summed E-state index contributed by atoms with van der Waals surface area (Å²) in [6.45, 7) is 8.23. The van der Waals surface area contributed by atoms with Gasteiger partial charge in [-0.25, -0.2) is 8.42 Å². The Morgan fingerprint density at radius 1 is 1.14 bits per heavy atom. The van der Waals surface area contributed by atoms with E-state index in [1.807, 2.05) is 26.0 Å². The van der Waals surface area contributed by atoms with Crippen LogP contribution in [-0.2, 0) is 16.4 Å². The Morgan fingerprint density at radius 3 is 2.31 bits per heavy atom. The summed E-state index contributed by atoms with van der Waals surface area (Å²) in [6.07, 6.45) is 2.49. The van der Waals surface area contributed by atoms with Crippen LogP contribution >= 0.6 is 0 Å². The molecule has 0 spiro atoms. The SMILES string of the molecule is C=C1CCC(C(O)CS(=O)(=O)c2ccc(OCc3cc(C)nc(C)c3)cc2)CC1. The molecule has 1 N–H and O–H groups in total. The monoisotopic (exact) mass is 415 g/mol. The van der Waals surface area contributed by atoms with Crippen molar-refractivity contribution in [2.24, 2.45) is 5.92 Å². The normalized spacial score (nSPS) is 16.6. The minimum absolute atomic E-state index is 0.0187. The van der Waals surface area contributed by atoms with Gasteiger partial charge in [0.1, 0.15) is 12.4 Å². The maximum Gasteiger partial charge on any atom is 0.180 e. The van der Waals surface area contributed by atoms with Gasteiger partial charge in [-0.1, -0.05) is 12.2 Å². The molecule has 1 atom stereocenters. The van der Waals surface area contributed by atoms with Crippen LogP contribution in [0.4, 0.5) is 0 Å². The van der Waals surface area contributed by atoms with Gasteiger partial charge >= 0.3 is 0 Å². The molecule has 1 fully saturated rings. The number of rotatable bonds is 7. The topological polar surface area (TPSA) is 76.5 Å². The molecule has 0 bridgehead atoms. The molecule has 0 aliphatic heterocycles. The van der Waals surface area contributed by atoms with Crippen molar-refractivity contribution in [1.29, 1.82) is 0 Å². The van der Waals surface area contributed by atoms with E-state index in [0.717, 1.165) is 42.6 Å². The van der Waals surface area contributed by atoms with Crippen molar-refractivity contribution < 1.29 is 18.3 Å². The Kier molecular flexibility index (Phi) is 6.75. The molecular weight excluding hydrogens is 386 g/mol. The number of sulfone groups is 1. The molecule has 3 rings (SSSR count). The van der Waals surface area contributed by atoms with E-state index in [-0.39, 0.29) is 16.6 Å². The molecule has 5 nitrogen and oxygen atoms in total. The van der Waals surface area contributed by atoms with Gasteiger partial charge in [-0.05, 0) is 87.4 Å². The van der Waals surface area contributed by atoms with E-state index >= 15 is 0 Å². The highest BCUT2D eigenvalue weighted by molar-refractivity contribution is 7.91. The van der Waals surface area contributed by atoms with Crippen molar-refractivity contribution in [2.45, 2.75) is 57.1 Å². The summed E-state index contributed by atoms with van der Waals surface area (Å²) in [4.78, 5) is 4.55. The zero-order chi connectivity index (χ0) is 21.0. The van der Waals surface area contributed by atoms with E-state index in [9.17, 15) is 13.5 Å². The number of aryl methyl sites for hydroxylation is 2. The Morgan fingerprint density at radius 2 is 1.72 bits per heavy atom. The van der Waals surface area contributed by atoms with E-state index in [1.54, 1.807) is 24.3 Å². The lowest BCUT2D eigenvalue weighted by Gasteiger charge is -2.27. The van der Waals surface area contributed by atoms with Crippen LogP contribution in [0.3, 0.4) is 0 Å². The Hall–Kier alpha value is -2.18. The predicted octanol–water partition coefficient (Wildman–Crippen LogP) is 4.16. The van der Waals surface area contributed by atoms with Gasteiger partial charge in [-0.15, -0.1) is 0 Å². The van der Waals surface area contributed by atoms with Crippen LogP contribution in [0, 0.1) is 19.8 Å². The summed E-state index contributed by atoms with van der Waals surface area (Å²) in [5, 5.41) is 10.4. The highest BCUT2D eigenvalue weighted by Crippen LogP contribution is 2.30. The summed E-state index contributed by atoms with van der Waals surface area (Å²) in [6, 6.07) is 10.3. The molecule has 0 amide bonds. The molecule has 1 heterocycles. The van der Waals surface area contributed by atoms with Gasteiger partial charge in [0.25, 0.3) is 0 Å². The van der Waals surface area contributed by atoms with Crippen LogP contribution < -0.4 is 4.74 Å². The van der Waals surface area contributed by atoms with Crippen molar-refractivity contribution in [3.63, 3.8) is 0 Å². The molecule has 29 heavy (non-hydrogen) atoms. The van der Waals surface area contributed by atoms with Crippen molar-refractivity contribution in [2.75, 3.05) is 5.75 Å². The Labute approximate surface area is 173 Å². The van der Waals surface area contributed by atoms with E-state index in [1.165, 1.54) is 5.57 Å². The number of ether oxygens (including phenoxy) is 1. The lowest BCUT2D eigenvalue weighted by molar-refractivity contribution is 0.111. The molecule has 1 saturated carbocycles. The molecule has 0 saturated heterocycles. The van der Waals surface area contributed by atoms with Gasteiger partial charge in [-0.3, -0.25) is 4.98 Å². The molecule has 1 unspecified atom stereocenters. The van der Waals surface area contributed by atoms with Crippen molar-refractivity contribution in [3.05, 3.63) is 65.5 Å². The summed E-state index contributed by atoms with van der Waals surface area (Å²) >= 11 is 0. The van der Waals surface area contributed by atoms with E-state index in [0.29, 0.717) is 12.4 Å². The summed E-state index contributed by atoms with van der Waals surface area (Å²) in [5.74, 6) is 0.368. The zero-order valence-electron chi connectivity index (χ0n) is 17.1. The summed E-state index contributed by atoms with van der Waals surface area (Å²) < 4.78 is 31.2. The first-order valence-corrected chi connectivity index (χ1v) is 11.6. The standard InChI is InChI=1S/C23H29NO4S/c1-16-4-6-20(7-5-16)23(25)15-29(26,27)22-10-8-21(9-11-22)28-14-19-12-17(2)24-18(3)13-19/h8-13,20,23,25H,1,4-7,14-15H2,2-3H3. The highest BCUT2D eigenvalue weighted by atomic mass is 32.2. The lowest BCUT2D eigenvalue weighted by Crippen LogP contribution is -2.30. The molecule has 1 aromatic carbocycles. The van der Waals surface area contributed by atoms with Crippen LogP contribution in [-0.4, -0.2) is 30.4 Å². The average molecular weight is 416 g/mol. The highest BCUT2D eigenvalue weighted by Gasteiger charge is 2.28. The van der Waals surface area contributed by atoms with Crippen LogP contribution in [0.25, 0.3) is 0 Å². The predicted molar refractivity (Wildman–Crippen MR) is 114 cm³/mol. The fourth-order valence-electron chi connectivity index (χ4n) is 3.80. The molecule has 6 heteroatoms. The van der Waals surface area contributed by atoms with Gasteiger partial charge in [0.2, 0.25) is 0 Å². The number of hydrogen-bond acceptors (Lipinski definition) is 5. The maximum absolute atomic E-state index is 12.7. The first kappa shape index (κ1) is 21.5. The van der Waals surface area contributed by atoms with Gasteiger partial charge in [0, 0.05) is 11.4 Å². The third kappa shape index (κ3) is 5.90. The molecule has 1 aliphatic carbocycles. The van der Waals surface area contributed by atoms with E-state index in [4.69, 9.17) is 4.74 Å². The van der Waals surface area contributed by atoms with E-state index < -0.39 is 15.9 Å². The molecule has 0 radical (unpaired) electrons. The maximum atomic E-state index is 12.7. The van der Waals surface area contributed by atoms with E-state index in [2.05, 4.69) is 11.6 Å². The number of benzene rings is 1. The van der Waals surface area contributed by atoms with Gasteiger partial charge < -0.3 is 9.84 Å². The summed E-state index contributed by atoms with van der Waals surface area (Å²) in [7, 11) is -3.55. The number of hydrogen-bond donors (Lipinski definition) is 1. The molecule has 156 valence electrons. The number of aliphatic hydroxyl groups is 1. The van der Waals surface area contributed by atoms with Crippen LogP contribution in [0.1, 0.15) is 42.6 Å². The van der Waals surface area contributed by atoms with Crippen LogP contribution in [0.15, 0.2) is 53.4 Å². The second kappa shape index (κ2) is 9.09. The van der Waals surface area contributed by atoms with Crippen LogP contribution in [0.5, 0.6) is 5.75 Å². The minimum atomic E-state index is -3.55. The Bertz CT molecular complexity index is 937. The van der Waals surface area contributed by atoms with Gasteiger partial charge in [0.15, 0.2) is 9.84 Å². The second-order valence-electron chi connectivity index (χ2n) is 7.95.